The smallest absolute Gasteiger partial charge is 0.307 e. The number of hydrogen-bond donors (Lipinski definition) is 1. The van der Waals surface area contributed by atoms with Crippen molar-refractivity contribution in [2.24, 2.45) is 29.6 Å². The molecule has 3 saturated carbocycles. The SMILES string of the molecule is O=C(O)C1C2CC2CC2CC21. The summed E-state index contributed by atoms with van der Waals surface area (Å²) in [5.41, 5.74) is 0. The van der Waals surface area contributed by atoms with E-state index < -0.39 is 5.97 Å². The van der Waals surface area contributed by atoms with Gasteiger partial charge in [-0.05, 0) is 42.9 Å². The predicted molar refractivity (Wildman–Crippen MR) is 38.9 cm³/mol. The standard InChI is InChI=1S/C9H12O2/c10-9(11)8-6-2-4(6)1-5-3-7(5)8/h4-8H,1-3H2,(H,10,11). The number of carbonyl (C=O) groups is 1. The van der Waals surface area contributed by atoms with Gasteiger partial charge in [0.15, 0.2) is 0 Å². The molecule has 0 heterocycles. The van der Waals surface area contributed by atoms with Gasteiger partial charge in [0.2, 0.25) is 0 Å². The molecular formula is C9H12O2. The van der Waals surface area contributed by atoms with Crippen molar-refractivity contribution < 1.29 is 9.90 Å². The molecule has 0 aliphatic heterocycles. The predicted octanol–water partition coefficient (Wildman–Crippen LogP) is 1.36. The third-order valence-electron chi connectivity index (χ3n) is 3.77. The molecule has 4 atom stereocenters. The third kappa shape index (κ3) is 0.700. The van der Waals surface area contributed by atoms with Crippen molar-refractivity contribution in [2.45, 2.75) is 19.3 Å². The normalized spacial score (nSPS) is 57.6. The molecule has 2 nitrogen and oxygen atoms in total. The highest BCUT2D eigenvalue weighted by Crippen LogP contribution is 2.65. The summed E-state index contributed by atoms with van der Waals surface area (Å²) in [4.78, 5) is 10.8. The largest absolute Gasteiger partial charge is 0.481 e. The average molecular weight is 152 g/mol. The third-order valence-corrected chi connectivity index (χ3v) is 3.77. The second kappa shape index (κ2) is 1.62. The lowest BCUT2D eigenvalue weighted by molar-refractivity contribution is -0.144. The zero-order chi connectivity index (χ0) is 7.59. The van der Waals surface area contributed by atoms with E-state index in [-0.39, 0.29) is 5.92 Å². The fourth-order valence-corrected chi connectivity index (χ4v) is 3.04. The van der Waals surface area contributed by atoms with E-state index in [0.29, 0.717) is 11.8 Å². The van der Waals surface area contributed by atoms with E-state index in [4.69, 9.17) is 5.11 Å². The van der Waals surface area contributed by atoms with E-state index in [2.05, 4.69) is 0 Å². The first-order valence-corrected chi connectivity index (χ1v) is 4.50. The molecule has 60 valence electrons. The van der Waals surface area contributed by atoms with Gasteiger partial charge in [0.05, 0.1) is 5.92 Å². The highest BCUT2D eigenvalue weighted by atomic mass is 16.4. The van der Waals surface area contributed by atoms with Crippen LogP contribution in [0.25, 0.3) is 0 Å². The number of rotatable bonds is 1. The van der Waals surface area contributed by atoms with Crippen LogP contribution < -0.4 is 0 Å². The van der Waals surface area contributed by atoms with Gasteiger partial charge < -0.3 is 5.11 Å². The molecule has 3 aliphatic carbocycles. The molecule has 0 amide bonds. The van der Waals surface area contributed by atoms with Crippen molar-refractivity contribution in [3.05, 3.63) is 0 Å². The van der Waals surface area contributed by atoms with E-state index in [1.165, 1.54) is 19.3 Å². The van der Waals surface area contributed by atoms with Gasteiger partial charge in [-0.3, -0.25) is 4.79 Å². The number of aliphatic carboxylic acids is 1. The van der Waals surface area contributed by atoms with Crippen molar-refractivity contribution >= 4 is 5.97 Å². The molecular weight excluding hydrogens is 140 g/mol. The molecule has 0 radical (unpaired) electrons. The molecule has 11 heavy (non-hydrogen) atoms. The molecule has 3 rings (SSSR count). The summed E-state index contributed by atoms with van der Waals surface area (Å²) in [5, 5.41) is 8.93. The maximum Gasteiger partial charge on any atom is 0.307 e. The Balaban J connectivity index is 1.86. The van der Waals surface area contributed by atoms with Crippen molar-refractivity contribution in [2.75, 3.05) is 0 Å². The highest BCUT2D eigenvalue weighted by molar-refractivity contribution is 5.72. The van der Waals surface area contributed by atoms with Crippen molar-refractivity contribution in [1.29, 1.82) is 0 Å². The molecule has 4 unspecified atom stereocenters. The molecule has 1 N–H and O–H groups in total. The van der Waals surface area contributed by atoms with Crippen LogP contribution in [0, 0.1) is 29.6 Å². The van der Waals surface area contributed by atoms with Crippen LogP contribution in [0.4, 0.5) is 0 Å². The number of carboxylic acid groups (broad SMARTS) is 1. The monoisotopic (exact) mass is 152 g/mol. The summed E-state index contributed by atoms with van der Waals surface area (Å²) in [6.07, 6.45) is 3.77. The first-order valence-electron chi connectivity index (χ1n) is 4.50. The molecule has 3 fully saturated rings. The maximum atomic E-state index is 10.8. The van der Waals surface area contributed by atoms with Gasteiger partial charge in [-0.15, -0.1) is 0 Å². The van der Waals surface area contributed by atoms with E-state index in [1.54, 1.807) is 0 Å². The molecule has 0 aromatic carbocycles. The van der Waals surface area contributed by atoms with Gasteiger partial charge in [0, 0.05) is 0 Å². The average Bonchev–Trinajstić information content (AvgIpc) is 2.69. The van der Waals surface area contributed by atoms with E-state index >= 15 is 0 Å². The molecule has 0 aromatic heterocycles. The van der Waals surface area contributed by atoms with E-state index in [0.717, 1.165) is 11.8 Å². The molecule has 3 aliphatic rings. The Morgan fingerprint density at radius 2 is 1.64 bits per heavy atom. The summed E-state index contributed by atoms with van der Waals surface area (Å²) in [6, 6.07) is 0. The van der Waals surface area contributed by atoms with Crippen LogP contribution in [0.1, 0.15) is 19.3 Å². The van der Waals surface area contributed by atoms with Crippen LogP contribution in [0.2, 0.25) is 0 Å². The van der Waals surface area contributed by atoms with Crippen LogP contribution in [0.5, 0.6) is 0 Å². The number of fused-ring (bicyclic) bond motifs is 2. The van der Waals surface area contributed by atoms with Gasteiger partial charge >= 0.3 is 5.97 Å². The van der Waals surface area contributed by atoms with Crippen LogP contribution in [-0.4, -0.2) is 11.1 Å². The van der Waals surface area contributed by atoms with Crippen LogP contribution >= 0.6 is 0 Å². The maximum absolute atomic E-state index is 10.8. The number of carboxylic acids is 1. The Morgan fingerprint density at radius 1 is 1.09 bits per heavy atom. The summed E-state index contributed by atoms with van der Waals surface area (Å²) in [6.45, 7) is 0. The lowest BCUT2D eigenvalue weighted by atomic mass is 9.89. The van der Waals surface area contributed by atoms with Crippen LogP contribution in [-0.2, 0) is 4.79 Å². The fraction of sp³-hybridized carbons (Fsp3) is 0.889. The van der Waals surface area contributed by atoms with Crippen molar-refractivity contribution in [3.8, 4) is 0 Å². The van der Waals surface area contributed by atoms with E-state index in [9.17, 15) is 4.79 Å². The molecule has 0 spiro atoms. The van der Waals surface area contributed by atoms with Crippen LogP contribution in [0.15, 0.2) is 0 Å². The van der Waals surface area contributed by atoms with Crippen molar-refractivity contribution in [3.63, 3.8) is 0 Å². The zero-order valence-corrected chi connectivity index (χ0v) is 6.36. The highest BCUT2D eigenvalue weighted by Gasteiger charge is 2.61. The molecule has 0 saturated heterocycles. The Kier molecular flexibility index (Phi) is 0.890. The fourth-order valence-electron chi connectivity index (χ4n) is 3.04. The van der Waals surface area contributed by atoms with Gasteiger partial charge in [-0.25, -0.2) is 0 Å². The lowest BCUT2D eigenvalue weighted by Gasteiger charge is -2.15. The zero-order valence-electron chi connectivity index (χ0n) is 6.36. The van der Waals surface area contributed by atoms with E-state index in [1.807, 2.05) is 0 Å². The first-order chi connectivity index (χ1) is 5.27. The molecule has 2 heteroatoms. The summed E-state index contributed by atoms with van der Waals surface area (Å²) < 4.78 is 0. The van der Waals surface area contributed by atoms with Crippen LogP contribution in [0.3, 0.4) is 0 Å². The molecule has 0 bridgehead atoms. The van der Waals surface area contributed by atoms with Gasteiger partial charge in [-0.2, -0.15) is 0 Å². The summed E-state index contributed by atoms with van der Waals surface area (Å²) in [5.74, 6) is 2.30. The second-order valence-electron chi connectivity index (χ2n) is 4.42. The Bertz CT molecular complexity index is 208. The Hall–Kier alpha value is -0.530. The Morgan fingerprint density at radius 3 is 2.09 bits per heavy atom. The van der Waals surface area contributed by atoms with Gasteiger partial charge in [-0.1, -0.05) is 0 Å². The summed E-state index contributed by atoms with van der Waals surface area (Å²) in [7, 11) is 0. The minimum absolute atomic E-state index is 0.0544. The minimum Gasteiger partial charge on any atom is -0.481 e. The topological polar surface area (TPSA) is 37.3 Å². The lowest BCUT2D eigenvalue weighted by Crippen LogP contribution is -2.22. The Labute approximate surface area is 65.6 Å². The van der Waals surface area contributed by atoms with Gasteiger partial charge in [0.25, 0.3) is 0 Å². The molecule has 0 aromatic rings. The summed E-state index contributed by atoms with van der Waals surface area (Å²) >= 11 is 0. The minimum atomic E-state index is -0.523. The van der Waals surface area contributed by atoms with Crippen molar-refractivity contribution in [1.82, 2.24) is 0 Å². The first kappa shape index (κ1) is 6.04. The second-order valence-corrected chi connectivity index (χ2v) is 4.42. The quantitative estimate of drug-likeness (QED) is 0.616. The van der Waals surface area contributed by atoms with Gasteiger partial charge in [0.1, 0.15) is 0 Å². The number of hydrogen-bond acceptors (Lipinski definition) is 1.